The first kappa shape index (κ1) is 18.3. The van der Waals surface area contributed by atoms with Crippen molar-refractivity contribution in [2.45, 2.75) is 64.0 Å². The van der Waals surface area contributed by atoms with Crippen molar-refractivity contribution in [2.24, 2.45) is 4.99 Å². The summed E-state index contributed by atoms with van der Waals surface area (Å²) in [5.41, 5.74) is 0. The molecule has 1 aromatic rings. The molecule has 2 aliphatic rings. The van der Waals surface area contributed by atoms with Crippen LogP contribution < -0.4 is 5.32 Å². The van der Waals surface area contributed by atoms with Crippen molar-refractivity contribution >= 4 is 5.96 Å². The summed E-state index contributed by atoms with van der Waals surface area (Å²) in [5.74, 6) is 2.08. The molecule has 0 spiro atoms. The van der Waals surface area contributed by atoms with Gasteiger partial charge in [0.05, 0.1) is 6.26 Å². The van der Waals surface area contributed by atoms with Crippen LogP contribution in [-0.2, 0) is 6.42 Å². The van der Waals surface area contributed by atoms with Crippen LogP contribution in [0.15, 0.2) is 27.8 Å². The number of furan rings is 1. The first-order valence-corrected chi connectivity index (χ1v) is 10.0. The predicted octanol–water partition coefficient (Wildman–Crippen LogP) is 3.13. The van der Waals surface area contributed by atoms with Crippen LogP contribution in [0.5, 0.6) is 0 Å². The number of likely N-dealkylation sites (N-methyl/N-ethyl adjacent to an activating group) is 2. The Morgan fingerprint density at radius 2 is 2.16 bits per heavy atom. The highest BCUT2D eigenvalue weighted by Gasteiger charge is 2.26. The summed E-state index contributed by atoms with van der Waals surface area (Å²) < 4.78 is 5.44. The molecule has 2 fully saturated rings. The first-order valence-electron chi connectivity index (χ1n) is 10.0. The van der Waals surface area contributed by atoms with Gasteiger partial charge in [-0.25, -0.2) is 0 Å². The molecule has 0 bridgehead atoms. The number of hydrogen-bond acceptors (Lipinski definition) is 3. The van der Waals surface area contributed by atoms with Crippen molar-refractivity contribution in [3.63, 3.8) is 0 Å². The summed E-state index contributed by atoms with van der Waals surface area (Å²) in [6.07, 6.45) is 10.5. The van der Waals surface area contributed by atoms with E-state index in [-0.39, 0.29) is 0 Å². The SMILES string of the molecule is CCN1CCCC1CN(C)C(=NCCc1ccco1)NC1CCCC1. The van der Waals surface area contributed by atoms with E-state index in [0.29, 0.717) is 12.1 Å². The molecule has 0 radical (unpaired) electrons. The molecule has 1 saturated carbocycles. The minimum absolute atomic E-state index is 0.593. The van der Waals surface area contributed by atoms with E-state index < -0.39 is 0 Å². The van der Waals surface area contributed by atoms with Crippen molar-refractivity contribution in [1.82, 2.24) is 15.1 Å². The monoisotopic (exact) mass is 346 g/mol. The molecule has 2 heterocycles. The zero-order valence-electron chi connectivity index (χ0n) is 15.9. The second kappa shape index (κ2) is 9.27. The Kier molecular flexibility index (Phi) is 6.79. The summed E-state index contributed by atoms with van der Waals surface area (Å²) in [6.45, 7) is 6.51. The van der Waals surface area contributed by atoms with Gasteiger partial charge in [-0.3, -0.25) is 9.89 Å². The molecule has 0 aromatic carbocycles. The summed E-state index contributed by atoms with van der Waals surface area (Å²) in [4.78, 5) is 9.86. The normalized spacial score (nSPS) is 22.6. The Bertz CT molecular complexity index is 522. The Morgan fingerprint density at radius 1 is 1.32 bits per heavy atom. The van der Waals surface area contributed by atoms with Gasteiger partial charge < -0.3 is 14.6 Å². The van der Waals surface area contributed by atoms with Crippen molar-refractivity contribution in [1.29, 1.82) is 0 Å². The highest BCUT2D eigenvalue weighted by atomic mass is 16.3. The highest BCUT2D eigenvalue weighted by molar-refractivity contribution is 5.80. The van der Waals surface area contributed by atoms with E-state index in [1.165, 1.54) is 45.1 Å². The molecule has 1 unspecified atom stereocenters. The van der Waals surface area contributed by atoms with Gasteiger partial charge >= 0.3 is 0 Å². The molecule has 1 aliphatic carbocycles. The number of nitrogens with one attached hydrogen (secondary N) is 1. The minimum Gasteiger partial charge on any atom is -0.469 e. The maximum Gasteiger partial charge on any atom is 0.193 e. The Hall–Kier alpha value is -1.49. The average molecular weight is 347 g/mol. The van der Waals surface area contributed by atoms with Crippen LogP contribution in [0.25, 0.3) is 0 Å². The molecule has 3 rings (SSSR count). The fourth-order valence-electron chi connectivity index (χ4n) is 4.18. The van der Waals surface area contributed by atoms with Crippen LogP contribution in [0.2, 0.25) is 0 Å². The molecule has 25 heavy (non-hydrogen) atoms. The van der Waals surface area contributed by atoms with E-state index in [4.69, 9.17) is 9.41 Å². The molecule has 140 valence electrons. The molecule has 1 aliphatic heterocycles. The van der Waals surface area contributed by atoms with Gasteiger partial charge in [0.15, 0.2) is 5.96 Å². The fraction of sp³-hybridized carbons (Fsp3) is 0.750. The van der Waals surface area contributed by atoms with E-state index in [1.54, 1.807) is 6.26 Å². The number of nitrogens with zero attached hydrogens (tertiary/aromatic N) is 3. The third-order valence-electron chi connectivity index (χ3n) is 5.64. The van der Waals surface area contributed by atoms with Gasteiger partial charge in [-0.1, -0.05) is 19.8 Å². The zero-order valence-corrected chi connectivity index (χ0v) is 15.9. The molecule has 1 N–H and O–H groups in total. The lowest BCUT2D eigenvalue weighted by atomic mass is 10.2. The van der Waals surface area contributed by atoms with Crippen LogP contribution in [0.1, 0.15) is 51.2 Å². The second-order valence-electron chi connectivity index (χ2n) is 7.47. The summed E-state index contributed by atoms with van der Waals surface area (Å²) >= 11 is 0. The van der Waals surface area contributed by atoms with Crippen molar-refractivity contribution in [2.75, 3.05) is 33.2 Å². The third-order valence-corrected chi connectivity index (χ3v) is 5.64. The van der Waals surface area contributed by atoms with E-state index in [1.807, 2.05) is 12.1 Å². The van der Waals surface area contributed by atoms with E-state index >= 15 is 0 Å². The standard InChI is InChI=1S/C20H34N4O/c1-3-24-14-6-10-18(24)16-23(2)20(22-17-8-4-5-9-17)21-13-12-19-11-7-15-25-19/h7,11,15,17-18H,3-6,8-10,12-14,16H2,1-2H3,(H,21,22). The Balaban J connectivity index is 1.59. The number of aliphatic imine (C=N–C) groups is 1. The van der Waals surface area contributed by atoms with Crippen LogP contribution in [0.3, 0.4) is 0 Å². The minimum atomic E-state index is 0.593. The van der Waals surface area contributed by atoms with E-state index in [0.717, 1.165) is 37.8 Å². The average Bonchev–Trinajstić information content (AvgIpc) is 3.36. The molecule has 5 heteroatoms. The summed E-state index contributed by atoms with van der Waals surface area (Å²) in [7, 11) is 2.19. The first-order chi connectivity index (χ1) is 12.3. The fourth-order valence-corrected chi connectivity index (χ4v) is 4.18. The van der Waals surface area contributed by atoms with Gasteiger partial charge in [-0.15, -0.1) is 0 Å². The van der Waals surface area contributed by atoms with Gasteiger partial charge in [0, 0.05) is 38.6 Å². The van der Waals surface area contributed by atoms with Gasteiger partial charge in [-0.2, -0.15) is 0 Å². The van der Waals surface area contributed by atoms with Gasteiger partial charge in [0.2, 0.25) is 0 Å². The maximum atomic E-state index is 5.44. The van der Waals surface area contributed by atoms with Crippen LogP contribution in [0, 0.1) is 0 Å². The number of guanidine groups is 1. The Morgan fingerprint density at radius 3 is 2.88 bits per heavy atom. The molecular formula is C20H34N4O. The lowest BCUT2D eigenvalue weighted by Crippen LogP contribution is -2.48. The molecule has 1 atom stereocenters. The summed E-state index contributed by atoms with van der Waals surface area (Å²) in [5, 5.41) is 3.73. The smallest absolute Gasteiger partial charge is 0.193 e. The van der Waals surface area contributed by atoms with Crippen molar-refractivity contribution < 1.29 is 4.42 Å². The van der Waals surface area contributed by atoms with E-state index in [9.17, 15) is 0 Å². The summed E-state index contributed by atoms with van der Waals surface area (Å²) in [6, 6.07) is 5.23. The van der Waals surface area contributed by atoms with Gasteiger partial charge in [-0.05, 0) is 50.9 Å². The molecule has 5 nitrogen and oxygen atoms in total. The predicted molar refractivity (Wildman–Crippen MR) is 103 cm³/mol. The maximum absolute atomic E-state index is 5.44. The number of hydrogen-bond donors (Lipinski definition) is 1. The van der Waals surface area contributed by atoms with Crippen LogP contribution >= 0.6 is 0 Å². The van der Waals surface area contributed by atoms with Crippen molar-refractivity contribution in [3.8, 4) is 0 Å². The van der Waals surface area contributed by atoms with Crippen LogP contribution in [0.4, 0.5) is 0 Å². The van der Waals surface area contributed by atoms with E-state index in [2.05, 4.69) is 29.1 Å². The molecule has 1 aromatic heterocycles. The van der Waals surface area contributed by atoms with Crippen molar-refractivity contribution in [3.05, 3.63) is 24.2 Å². The van der Waals surface area contributed by atoms with Gasteiger partial charge in [0.25, 0.3) is 0 Å². The lowest BCUT2D eigenvalue weighted by Gasteiger charge is -2.31. The topological polar surface area (TPSA) is 44.0 Å². The highest BCUT2D eigenvalue weighted by Crippen LogP contribution is 2.19. The second-order valence-corrected chi connectivity index (χ2v) is 7.47. The largest absolute Gasteiger partial charge is 0.469 e. The Labute approximate surface area is 152 Å². The quantitative estimate of drug-likeness (QED) is 0.608. The van der Waals surface area contributed by atoms with Crippen LogP contribution in [-0.4, -0.2) is 61.1 Å². The number of rotatable bonds is 7. The molecular weight excluding hydrogens is 312 g/mol. The lowest BCUT2D eigenvalue weighted by molar-refractivity contribution is 0.232. The molecule has 1 saturated heterocycles. The number of likely N-dealkylation sites (tertiary alicyclic amines) is 1. The zero-order chi connectivity index (χ0) is 17.5. The molecule has 0 amide bonds. The third kappa shape index (κ3) is 5.24. The van der Waals surface area contributed by atoms with Gasteiger partial charge in [0.1, 0.15) is 5.76 Å².